The zero-order valence-corrected chi connectivity index (χ0v) is 18.3. The van der Waals surface area contributed by atoms with Crippen molar-refractivity contribution in [1.82, 2.24) is 15.1 Å². The van der Waals surface area contributed by atoms with Gasteiger partial charge >= 0.3 is 6.03 Å². The first-order valence-corrected chi connectivity index (χ1v) is 11.1. The van der Waals surface area contributed by atoms with Crippen molar-refractivity contribution in [1.29, 1.82) is 0 Å². The van der Waals surface area contributed by atoms with E-state index in [1.54, 1.807) is 16.1 Å². The number of amides is 3. The second-order valence-electron chi connectivity index (χ2n) is 7.92. The van der Waals surface area contributed by atoms with Crippen molar-refractivity contribution in [2.45, 2.75) is 51.8 Å². The van der Waals surface area contributed by atoms with Crippen LogP contribution in [0.3, 0.4) is 0 Å². The molecule has 7 heteroatoms. The molecule has 2 aromatic rings. The van der Waals surface area contributed by atoms with E-state index < -0.39 is 0 Å². The van der Waals surface area contributed by atoms with Crippen LogP contribution >= 0.6 is 0 Å². The van der Waals surface area contributed by atoms with Crippen LogP contribution in [0, 0.1) is 0 Å². The molecule has 2 heterocycles. The Morgan fingerprint density at radius 1 is 1.10 bits per heavy atom. The van der Waals surface area contributed by atoms with Gasteiger partial charge in [-0.15, -0.1) is 0 Å². The van der Waals surface area contributed by atoms with Gasteiger partial charge in [0, 0.05) is 26.2 Å². The molecule has 7 nitrogen and oxygen atoms in total. The zero-order chi connectivity index (χ0) is 21.9. The predicted octanol–water partition coefficient (Wildman–Crippen LogP) is 3.80. The number of rotatable bonds is 11. The molecule has 0 aliphatic carbocycles. The maximum atomic E-state index is 13.3. The van der Waals surface area contributed by atoms with Crippen molar-refractivity contribution in [3.63, 3.8) is 0 Å². The maximum Gasteiger partial charge on any atom is 0.317 e. The van der Waals surface area contributed by atoms with Gasteiger partial charge in [-0.05, 0) is 37.0 Å². The lowest BCUT2D eigenvalue weighted by atomic mass is 10.2. The second kappa shape index (κ2) is 12.2. The van der Waals surface area contributed by atoms with Crippen LogP contribution in [0.4, 0.5) is 4.79 Å². The van der Waals surface area contributed by atoms with Gasteiger partial charge in [0.2, 0.25) is 5.91 Å². The number of carbonyl (C=O) groups is 2. The molecular formula is C24H33N3O4. The van der Waals surface area contributed by atoms with E-state index in [0.717, 1.165) is 31.2 Å². The molecule has 1 saturated heterocycles. The van der Waals surface area contributed by atoms with Gasteiger partial charge in [-0.1, -0.05) is 43.7 Å². The monoisotopic (exact) mass is 427 g/mol. The number of hydrogen-bond donors (Lipinski definition) is 1. The fourth-order valence-electron chi connectivity index (χ4n) is 3.63. The highest BCUT2D eigenvalue weighted by atomic mass is 16.5. The number of hydrogen-bond acceptors (Lipinski definition) is 4. The molecule has 0 bridgehead atoms. The number of benzene rings is 1. The topological polar surface area (TPSA) is 75.0 Å². The summed E-state index contributed by atoms with van der Waals surface area (Å²) in [6, 6.07) is 13.3. The summed E-state index contributed by atoms with van der Waals surface area (Å²) in [5.41, 5.74) is 1.03. The Morgan fingerprint density at radius 2 is 1.94 bits per heavy atom. The average molecular weight is 428 g/mol. The number of furan rings is 1. The lowest BCUT2D eigenvalue weighted by Crippen LogP contribution is -2.49. The van der Waals surface area contributed by atoms with Crippen molar-refractivity contribution in [2.24, 2.45) is 0 Å². The maximum absolute atomic E-state index is 13.3. The Morgan fingerprint density at radius 3 is 2.61 bits per heavy atom. The van der Waals surface area contributed by atoms with Crippen molar-refractivity contribution in [2.75, 3.05) is 26.2 Å². The molecule has 1 aromatic heterocycles. The molecule has 1 atom stereocenters. The fraction of sp³-hybridized carbons (Fsp3) is 0.500. The van der Waals surface area contributed by atoms with Crippen LogP contribution in [-0.2, 0) is 22.6 Å². The standard InChI is InChI=1S/C24H33N3O4/c1-2-3-13-25-24(29)27(18-22-12-8-15-31-22)19-23(28)26(17-21-11-7-14-30-21)16-20-9-5-4-6-10-20/h4-7,9-11,14,22H,2-3,8,12-13,15-19H2,1H3,(H,25,29)/t22-/m0/s1. The third-order valence-electron chi connectivity index (χ3n) is 5.36. The first kappa shape index (κ1) is 22.9. The van der Waals surface area contributed by atoms with E-state index in [0.29, 0.717) is 38.5 Å². The molecule has 3 rings (SSSR count). The van der Waals surface area contributed by atoms with Gasteiger partial charge in [-0.3, -0.25) is 4.79 Å². The fourth-order valence-corrected chi connectivity index (χ4v) is 3.63. The Balaban J connectivity index is 1.69. The van der Waals surface area contributed by atoms with Gasteiger partial charge in [0.25, 0.3) is 0 Å². The Labute approximate surface area is 184 Å². The molecule has 1 aromatic carbocycles. The molecule has 1 fully saturated rings. The normalized spacial score (nSPS) is 15.6. The molecule has 0 spiro atoms. The highest BCUT2D eigenvalue weighted by Gasteiger charge is 2.26. The predicted molar refractivity (Wildman–Crippen MR) is 118 cm³/mol. The lowest BCUT2D eigenvalue weighted by molar-refractivity contribution is -0.133. The van der Waals surface area contributed by atoms with E-state index in [4.69, 9.17) is 9.15 Å². The van der Waals surface area contributed by atoms with Crippen LogP contribution in [0.25, 0.3) is 0 Å². The molecule has 3 amide bonds. The Kier molecular flexibility index (Phi) is 8.97. The number of nitrogens with one attached hydrogen (secondary N) is 1. The first-order chi connectivity index (χ1) is 15.2. The molecule has 1 aliphatic rings. The van der Waals surface area contributed by atoms with Crippen LogP contribution < -0.4 is 5.32 Å². The minimum atomic E-state index is -0.213. The van der Waals surface area contributed by atoms with E-state index in [2.05, 4.69) is 12.2 Å². The number of ether oxygens (including phenoxy) is 1. The molecule has 0 radical (unpaired) electrons. The van der Waals surface area contributed by atoms with E-state index in [9.17, 15) is 9.59 Å². The molecule has 168 valence electrons. The molecule has 1 N–H and O–H groups in total. The van der Waals surface area contributed by atoms with Crippen LogP contribution in [-0.4, -0.2) is 54.1 Å². The van der Waals surface area contributed by atoms with Crippen LogP contribution in [0.2, 0.25) is 0 Å². The van der Waals surface area contributed by atoms with Crippen molar-refractivity contribution in [3.8, 4) is 0 Å². The van der Waals surface area contributed by atoms with Gasteiger partial charge < -0.3 is 24.3 Å². The summed E-state index contributed by atoms with van der Waals surface area (Å²) in [5, 5.41) is 2.94. The SMILES string of the molecule is CCCCNC(=O)N(CC(=O)N(Cc1ccccc1)Cc1ccco1)C[C@@H]1CCCO1. The summed E-state index contributed by atoms with van der Waals surface area (Å²) in [4.78, 5) is 29.4. The highest BCUT2D eigenvalue weighted by molar-refractivity contribution is 5.84. The van der Waals surface area contributed by atoms with E-state index in [1.165, 1.54) is 0 Å². The van der Waals surface area contributed by atoms with Gasteiger partial charge in [0.1, 0.15) is 12.3 Å². The van der Waals surface area contributed by atoms with Crippen molar-refractivity contribution >= 4 is 11.9 Å². The summed E-state index contributed by atoms with van der Waals surface area (Å²) >= 11 is 0. The third kappa shape index (κ3) is 7.43. The van der Waals surface area contributed by atoms with E-state index in [-0.39, 0.29) is 24.6 Å². The molecule has 0 unspecified atom stereocenters. The largest absolute Gasteiger partial charge is 0.467 e. The Bertz CT molecular complexity index is 788. The number of nitrogens with zero attached hydrogens (tertiary/aromatic N) is 2. The summed E-state index contributed by atoms with van der Waals surface area (Å²) < 4.78 is 11.2. The highest BCUT2D eigenvalue weighted by Crippen LogP contribution is 2.15. The van der Waals surface area contributed by atoms with Crippen molar-refractivity contribution < 1.29 is 18.7 Å². The van der Waals surface area contributed by atoms with Gasteiger partial charge in [-0.25, -0.2) is 4.79 Å². The zero-order valence-electron chi connectivity index (χ0n) is 18.3. The van der Waals surface area contributed by atoms with Crippen molar-refractivity contribution in [3.05, 3.63) is 60.1 Å². The molecule has 0 saturated carbocycles. The van der Waals surface area contributed by atoms with Crippen LogP contribution in [0.1, 0.15) is 43.9 Å². The average Bonchev–Trinajstić information content (AvgIpc) is 3.48. The summed E-state index contributed by atoms with van der Waals surface area (Å²) in [6.45, 7) is 4.62. The molecular weight excluding hydrogens is 394 g/mol. The number of unbranched alkanes of at least 4 members (excludes halogenated alkanes) is 1. The van der Waals surface area contributed by atoms with Crippen LogP contribution in [0.5, 0.6) is 0 Å². The quantitative estimate of drug-likeness (QED) is 0.554. The minimum Gasteiger partial charge on any atom is -0.467 e. The van der Waals surface area contributed by atoms with Gasteiger partial charge in [0.05, 0.1) is 18.9 Å². The second-order valence-corrected chi connectivity index (χ2v) is 7.92. The molecule has 1 aliphatic heterocycles. The molecule has 31 heavy (non-hydrogen) atoms. The summed E-state index contributed by atoms with van der Waals surface area (Å²) in [6.07, 6.45) is 5.39. The van der Waals surface area contributed by atoms with E-state index >= 15 is 0 Å². The third-order valence-corrected chi connectivity index (χ3v) is 5.36. The lowest BCUT2D eigenvalue weighted by Gasteiger charge is -2.29. The van der Waals surface area contributed by atoms with Crippen LogP contribution in [0.15, 0.2) is 53.1 Å². The first-order valence-electron chi connectivity index (χ1n) is 11.1. The van der Waals surface area contributed by atoms with Gasteiger partial charge in [0.15, 0.2) is 0 Å². The summed E-state index contributed by atoms with van der Waals surface area (Å²) in [5.74, 6) is 0.589. The Hall–Kier alpha value is -2.80. The van der Waals surface area contributed by atoms with E-state index in [1.807, 2.05) is 42.5 Å². The minimum absolute atomic E-state index is 0.00532. The smallest absolute Gasteiger partial charge is 0.317 e. The number of carbonyl (C=O) groups excluding carboxylic acids is 2. The number of urea groups is 1. The van der Waals surface area contributed by atoms with Gasteiger partial charge in [-0.2, -0.15) is 0 Å². The summed E-state index contributed by atoms with van der Waals surface area (Å²) in [7, 11) is 0.